The minimum atomic E-state index is -3.21. The van der Waals surface area contributed by atoms with E-state index in [1.165, 1.54) is 10.6 Å². The quantitative estimate of drug-likeness (QED) is 0.416. The van der Waals surface area contributed by atoms with Crippen LogP contribution in [-0.2, 0) is 28.4 Å². The van der Waals surface area contributed by atoms with Crippen molar-refractivity contribution in [3.63, 3.8) is 0 Å². The number of nitrogens with zero attached hydrogens (tertiary/aromatic N) is 5. The Bertz CT molecular complexity index is 1520. The predicted octanol–water partition coefficient (Wildman–Crippen LogP) is 2.13. The molecule has 3 aromatic rings. The molecule has 2 aliphatic heterocycles. The number of aromatic nitrogens is 2. The summed E-state index contributed by atoms with van der Waals surface area (Å²) in [6, 6.07) is 5.81. The van der Waals surface area contributed by atoms with Crippen LogP contribution in [0.1, 0.15) is 24.6 Å². The number of likely N-dealkylation sites (tertiary alicyclic amines) is 1. The van der Waals surface area contributed by atoms with Gasteiger partial charge in [0.1, 0.15) is 6.61 Å². The fourth-order valence-corrected chi connectivity index (χ4v) is 7.25. The van der Waals surface area contributed by atoms with E-state index < -0.39 is 10.0 Å². The lowest BCUT2D eigenvalue weighted by molar-refractivity contribution is -0.128. The van der Waals surface area contributed by atoms with Crippen LogP contribution in [0.15, 0.2) is 35.4 Å². The Morgan fingerprint density at radius 3 is 2.71 bits per heavy atom. The second kappa shape index (κ2) is 10.8. The van der Waals surface area contributed by atoms with E-state index in [1.54, 1.807) is 29.1 Å². The van der Waals surface area contributed by atoms with E-state index >= 15 is 0 Å². The number of amides is 1. The zero-order chi connectivity index (χ0) is 27.0. The number of carbonyl (C=O) groups excluding carboxylic acids is 1. The van der Waals surface area contributed by atoms with Gasteiger partial charge in [-0.3, -0.25) is 14.5 Å². The molecule has 10 nitrogen and oxygen atoms in total. The van der Waals surface area contributed by atoms with Crippen LogP contribution in [-0.4, -0.2) is 89.6 Å². The molecule has 2 aliphatic rings. The summed E-state index contributed by atoms with van der Waals surface area (Å²) in [5, 5.41) is 0.666. The van der Waals surface area contributed by atoms with Gasteiger partial charge in [-0.1, -0.05) is 0 Å². The van der Waals surface area contributed by atoms with Gasteiger partial charge in [0.2, 0.25) is 21.8 Å². The maximum atomic E-state index is 13.0. The second-order valence-corrected chi connectivity index (χ2v) is 13.2. The molecular weight excluding hydrogens is 526 g/mol. The van der Waals surface area contributed by atoms with Crippen LogP contribution in [0.5, 0.6) is 5.88 Å². The van der Waals surface area contributed by atoms with Gasteiger partial charge in [-0.05, 0) is 31.0 Å². The first-order valence-electron chi connectivity index (χ1n) is 12.8. The van der Waals surface area contributed by atoms with Crippen LogP contribution < -0.4 is 10.3 Å². The van der Waals surface area contributed by atoms with Gasteiger partial charge >= 0.3 is 0 Å². The highest BCUT2D eigenvalue weighted by molar-refractivity contribution is 7.88. The number of piperazine rings is 1. The van der Waals surface area contributed by atoms with Crippen LogP contribution in [0.3, 0.4) is 0 Å². The fraction of sp³-hybridized carbons (Fsp3) is 0.500. The molecule has 3 aromatic heterocycles. The van der Waals surface area contributed by atoms with Gasteiger partial charge in [-0.15, -0.1) is 11.3 Å². The SMILES string of the molecule is C[C@@H]1CN(S(C)(=O)=O)CCN1Cc1cc2c(=O)n(C)cc(-c3ccnc(OCCN4CCCC4=O)c3)c2s1. The van der Waals surface area contributed by atoms with Crippen molar-refractivity contribution in [3.8, 4) is 17.0 Å². The Hall–Kier alpha value is -2.80. The highest BCUT2D eigenvalue weighted by Crippen LogP contribution is 2.35. The number of aryl methyl sites for hydroxylation is 1. The van der Waals surface area contributed by atoms with Gasteiger partial charge in [0.05, 0.1) is 18.2 Å². The number of pyridine rings is 2. The smallest absolute Gasteiger partial charge is 0.259 e. The Balaban J connectivity index is 1.36. The molecule has 0 N–H and O–H groups in total. The van der Waals surface area contributed by atoms with E-state index in [-0.39, 0.29) is 17.5 Å². The maximum Gasteiger partial charge on any atom is 0.259 e. The standard InChI is InChI=1S/C26H33N5O5S2/c1-18-15-31(38(3,34)35)10-9-30(18)16-20-14-21-25(37-20)22(17-28(2)26(21)33)19-6-7-27-23(13-19)36-12-11-29-8-4-5-24(29)32/h6-7,13-14,17-18H,4-5,8-12,15-16H2,1-3H3/t18-/m1/s1. The molecule has 12 heteroatoms. The van der Waals surface area contributed by atoms with Gasteiger partial charge in [0, 0.05) is 85.8 Å². The molecule has 0 aliphatic carbocycles. The van der Waals surface area contributed by atoms with Crippen molar-refractivity contribution in [3.05, 3.63) is 45.8 Å². The summed E-state index contributed by atoms with van der Waals surface area (Å²) >= 11 is 1.59. The lowest BCUT2D eigenvalue weighted by Crippen LogP contribution is -2.52. The molecule has 0 unspecified atom stereocenters. The number of hydrogen-bond acceptors (Lipinski definition) is 8. The van der Waals surface area contributed by atoms with Crippen molar-refractivity contribution in [2.75, 3.05) is 45.6 Å². The first-order valence-corrected chi connectivity index (χ1v) is 15.4. The summed E-state index contributed by atoms with van der Waals surface area (Å²) in [5.74, 6) is 0.647. The molecule has 5 rings (SSSR count). The highest BCUT2D eigenvalue weighted by Gasteiger charge is 2.29. The molecule has 2 fully saturated rings. The van der Waals surface area contributed by atoms with Crippen LogP contribution in [0.4, 0.5) is 0 Å². The number of sulfonamides is 1. The fourth-order valence-electron chi connectivity index (χ4n) is 5.14. The molecule has 1 amide bonds. The summed E-state index contributed by atoms with van der Waals surface area (Å²) in [7, 11) is -1.46. The first kappa shape index (κ1) is 26.8. The van der Waals surface area contributed by atoms with Crippen molar-refractivity contribution in [2.24, 2.45) is 7.05 Å². The largest absolute Gasteiger partial charge is 0.476 e. The van der Waals surface area contributed by atoms with E-state index in [1.807, 2.05) is 36.2 Å². The second-order valence-electron chi connectivity index (χ2n) is 10.1. The maximum absolute atomic E-state index is 13.0. The van der Waals surface area contributed by atoms with Crippen molar-refractivity contribution < 1.29 is 17.9 Å². The first-order chi connectivity index (χ1) is 18.1. The average molecular weight is 560 g/mol. The van der Waals surface area contributed by atoms with E-state index in [4.69, 9.17) is 4.74 Å². The van der Waals surface area contributed by atoms with E-state index in [0.717, 1.165) is 33.7 Å². The summed E-state index contributed by atoms with van der Waals surface area (Å²) in [6.07, 6.45) is 6.30. The van der Waals surface area contributed by atoms with E-state index in [2.05, 4.69) is 9.88 Å². The van der Waals surface area contributed by atoms with Crippen LogP contribution in [0.2, 0.25) is 0 Å². The van der Waals surface area contributed by atoms with Crippen molar-refractivity contribution in [2.45, 2.75) is 32.4 Å². The number of ether oxygens (including phenoxy) is 1. The Labute approximate surface area is 226 Å². The third-order valence-electron chi connectivity index (χ3n) is 7.29. The van der Waals surface area contributed by atoms with Crippen LogP contribution in [0.25, 0.3) is 21.2 Å². The normalized spacial score (nSPS) is 19.5. The van der Waals surface area contributed by atoms with Gasteiger partial charge in [0.25, 0.3) is 5.56 Å². The number of rotatable bonds is 8. The predicted molar refractivity (Wildman–Crippen MR) is 148 cm³/mol. The van der Waals surface area contributed by atoms with E-state index in [9.17, 15) is 18.0 Å². The van der Waals surface area contributed by atoms with Gasteiger partial charge in [-0.2, -0.15) is 4.31 Å². The minimum Gasteiger partial charge on any atom is -0.476 e. The van der Waals surface area contributed by atoms with Crippen LogP contribution in [0, 0.1) is 0 Å². The molecule has 5 heterocycles. The molecule has 204 valence electrons. The molecule has 0 bridgehead atoms. The molecule has 0 radical (unpaired) electrons. The Kier molecular flexibility index (Phi) is 7.58. The molecule has 0 aromatic carbocycles. The van der Waals surface area contributed by atoms with Crippen molar-refractivity contribution in [1.29, 1.82) is 0 Å². The van der Waals surface area contributed by atoms with Gasteiger partial charge < -0.3 is 14.2 Å². The van der Waals surface area contributed by atoms with Crippen molar-refractivity contribution in [1.82, 2.24) is 23.7 Å². The lowest BCUT2D eigenvalue weighted by atomic mass is 10.1. The molecule has 2 saturated heterocycles. The number of fused-ring (bicyclic) bond motifs is 1. The molecular formula is C26H33N5O5S2. The third-order valence-corrected chi connectivity index (χ3v) is 9.71. The van der Waals surface area contributed by atoms with Gasteiger partial charge in [0.15, 0.2) is 0 Å². The summed E-state index contributed by atoms with van der Waals surface area (Å²) in [5.41, 5.74) is 1.77. The average Bonchev–Trinajstić information content (AvgIpc) is 3.48. The molecule has 38 heavy (non-hydrogen) atoms. The topological polar surface area (TPSA) is 105 Å². The minimum absolute atomic E-state index is 0.0537. The van der Waals surface area contributed by atoms with Crippen LogP contribution >= 0.6 is 11.3 Å². The summed E-state index contributed by atoms with van der Waals surface area (Å²) in [4.78, 5) is 34.3. The van der Waals surface area contributed by atoms with E-state index in [0.29, 0.717) is 57.0 Å². The molecule has 0 spiro atoms. The number of hydrogen-bond donors (Lipinski definition) is 0. The summed E-state index contributed by atoms with van der Waals surface area (Å²) in [6.45, 7) is 5.95. The molecule has 1 atom stereocenters. The van der Waals surface area contributed by atoms with Gasteiger partial charge in [-0.25, -0.2) is 13.4 Å². The zero-order valence-electron chi connectivity index (χ0n) is 21.9. The summed E-state index contributed by atoms with van der Waals surface area (Å²) < 4.78 is 33.8. The lowest BCUT2D eigenvalue weighted by Gasteiger charge is -2.38. The third kappa shape index (κ3) is 5.63. The monoisotopic (exact) mass is 559 g/mol. The zero-order valence-corrected chi connectivity index (χ0v) is 23.6. The Morgan fingerprint density at radius 1 is 1.18 bits per heavy atom. The van der Waals surface area contributed by atoms with Crippen molar-refractivity contribution >= 4 is 37.4 Å². The number of thiophene rings is 1. The number of carbonyl (C=O) groups is 1. The molecule has 0 saturated carbocycles. The Morgan fingerprint density at radius 2 is 2.00 bits per heavy atom. The highest BCUT2D eigenvalue weighted by atomic mass is 32.2.